The molecule has 1 aliphatic carbocycles. The van der Waals surface area contributed by atoms with E-state index in [0.29, 0.717) is 74.2 Å². The van der Waals surface area contributed by atoms with Gasteiger partial charge in [0.1, 0.15) is 12.4 Å². The van der Waals surface area contributed by atoms with E-state index in [2.05, 4.69) is 24.9 Å². The predicted octanol–water partition coefficient (Wildman–Crippen LogP) is 4.26. The molecule has 1 saturated heterocycles. The zero-order valence-corrected chi connectivity index (χ0v) is 22.2. The number of Topliss-reactive ketones (excluding diaryl/α,β-unsaturated/α-hetero) is 1. The molecule has 1 atom stereocenters. The molecule has 2 aliphatic heterocycles. The van der Waals surface area contributed by atoms with E-state index in [9.17, 15) is 10.1 Å². The van der Waals surface area contributed by atoms with Crippen molar-refractivity contribution in [3.8, 4) is 17.6 Å². The van der Waals surface area contributed by atoms with E-state index in [4.69, 9.17) is 19.9 Å². The Balaban J connectivity index is 1.57. The first kappa shape index (κ1) is 25.8. The Hall–Kier alpha value is -3.80. The number of morpholine rings is 1. The number of rotatable bonds is 6. The van der Waals surface area contributed by atoms with Gasteiger partial charge in [0.25, 0.3) is 0 Å². The van der Waals surface area contributed by atoms with E-state index in [0.717, 1.165) is 16.8 Å². The summed E-state index contributed by atoms with van der Waals surface area (Å²) in [7, 11) is 1.59. The van der Waals surface area contributed by atoms with Crippen LogP contribution in [0.4, 0.5) is 0 Å². The van der Waals surface area contributed by atoms with Crippen LogP contribution in [0.15, 0.2) is 71.2 Å². The van der Waals surface area contributed by atoms with Crippen LogP contribution in [-0.2, 0) is 16.1 Å². The number of nitriles is 1. The molecular weight excluding hydrogens is 480 g/mol. The van der Waals surface area contributed by atoms with Crippen LogP contribution in [0.3, 0.4) is 0 Å². The van der Waals surface area contributed by atoms with Crippen LogP contribution in [0.2, 0.25) is 0 Å². The maximum atomic E-state index is 13.7. The van der Waals surface area contributed by atoms with E-state index in [1.165, 1.54) is 0 Å². The number of ketones is 1. The van der Waals surface area contributed by atoms with Gasteiger partial charge in [-0.1, -0.05) is 50.2 Å². The van der Waals surface area contributed by atoms with Gasteiger partial charge in [-0.2, -0.15) is 5.26 Å². The van der Waals surface area contributed by atoms with Crippen molar-refractivity contribution in [2.24, 2.45) is 11.1 Å². The summed E-state index contributed by atoms with van der Waals surface area (Å²) in [6.07, 6.45) is 1.09. The molecule has 8 nitrogen and oxygen atoms in total. The van der Waals surface area contributed by atoms with Crippen molar-refractivity contribution in [2.45, 2.75) is 39.2 Å². The molecule has 0 spiro atoms. The van der Waals surface area contributed by atoms with E-state index < -0.39 is 5.92 Å². The molecule has 0 saturated carbocycles. The van der Waals surface area contributed by atoms with Crippen LogP contribution in [0.5, 0.6) is 11.5 Å². The van der Waals surface area contributed by atoms with Crippen LogP contribution in [0, 0.1) is 16.7 Å². The molecule has 3 aliphatic rings. The van der Waals surface area contributed by atoms with Crippen LogP contribution in [-0.4, -0.2) is 49.2 Å². The molecule has 1 unspecified atom stereocenters. The minimum Gasteiger partial charge on any atom is -0.493 e. The maximum absolute atomic E-state index is 13.7. The SMILES string of the molecule is COc1cc(C2C(C#N)=C(N)N(N3CCOCC3)C3=C2C(=O)CC(C)(C)C3)ccc1OCc1ccccc1. The average molecular weight is 515 g/mol. The molecule has 0 radical (unpaired) electrons. The van der Waals surface area contributed by atoms with Crippen LogP contribution in [0.25, 0.3) is 0 Å². The number of benzene rings is 2. The monoisotopic (exact) mass is 514 g/mol. The normalized spacial score (nSPS) is 21.7. The number of nitrogens with two attached hydrogens (primary N) is 1. The Labute approximate surface area is 223 Å². The number of hydrogen-bond donors (Lipinski definition) is 1. The van der Waals surface area contributed by atoms with Crippen molar-refractivity contribution in [3.63, 3.8) is 0 Å². The lowest BCUT2D eigenvalue weighted by atomic mass is 9.69. The molecule has 38 heavy (non-hydrogen) atoms. The smallest absolute Gasteiger partial charge is 0.162 e. The zero-order chi connectivity index (χ0) is 26.9. The lowest BCUT2D eigenvalue weighted by Gasteiger charge is -2.48. The van der Waals surface area contributed by atoms with Crippen molar-refractivity contribution in [3.05, 3.63) is 82.3 Å². The van der Waals surface area contributed by atoms with Gasteiger partial charge in [0.05, 0.1) is 37.9 Å². The second kappa shape index (κ2) is 10.5. The predicted molar refractivity (Wildman–Crippen MR) is 143 cm³/mol. The molecule has 0 aromatic heterocycles. The number of ether oxygens (including phenoxy) is 3. The fraction of sp³-hybridized carbons (Fsp3) is 0.400. The zero-order valence-electron chi connectivity index (χ0n) is 22.2. The number of carbonyl (C=O) groups is 1. The van der Waals surface area contributed by atoms with Crippen molar-refractivity contribution < 1.29 is 19.0 Å². The molecule has 2 N–H and O–H groups in total. The Bertz CT molecular complexity index is 1320. The van der Waals surface area contributed by atoms with Gasteiger partial charge < -0.3 is 19.9 Å². The third-order valence-corrected chi connectivity index (χ3v) is 7.38. The van der Waals surface area contributed by atoms with Crippen molar-refractivity contribution in [1.82, 2.24) is 10.0 Å². The molecular formula is C30H34N4O4. The molecule has 2 aromatic carbocycles. The lowest BCUT2D eigenvalue weighted by molar-refractivity contribution is -0.119. The molecule has 5 rings (SSSR count). The van der Waals surface area contributed by atoms with Crippen molar-refractivity contribution in [1.29, 1.82) is 5.26 Å². The molecule has 198 valence electrons. The van der Waals surface area contributed by atoms with Gasteiger partial charge in [0.2, 0.25) is 0 Å². The molecule has 8 heteroatoms. The van der Waals surface area contributed by atoms with Crippen molar-refractivity contribution in [2.75, 3.05) is 33.4 Å². The third kappa shape index (κ3) is 4.87. The largest absolute Gasteiger partial charge is 0.493 e. The minimum atomic E-state index is -0.576. The Morgan fingerprint density at radius 3 is 2.53 bits per heavy atom. The van der Waals surface area contributed by atoms with Crippen LogP contribution in [0.1, 0.15) is 43.7 Å². The van der Waals surface area contributed by atoms with E-state index >= 15 is 0 Å². The average Bonchev–Trinajstić information content (AvgIpc) is 2.91. The molecule has 1 fully saturated rings. The molecule has 0 amide bonds. The van der Waals surface area contributed by atoms with Gasteiger partial charge in [-0.25, -0.2) is 5.01 Å². The summed E-state index contributed by atoms with van der Waals surface area (Å²) in [4.78, 5) is 13.7. The third-order valence-electron chi connectivity index (χ3n) is 7.38. The summed E-state index contributed by atoms with van der Waals surface area (Å²) in [5, 5.41) is 14.3. The van der Waals surface area contributed by atoms with E-state index in [1.54, 1.807) is 7.11 Å². The van der Waals surface area contributed by atoms with Gasteiger partial charge in [-0.15, -0.1) is 0 Å². The summed E-state index contributed by atoms with van der Waals surface area (Å²) in [6, 6.07) is 17.8. The quantitative estimate of drug-likeness (QED) is 0.610. The van der Waals surface area contributed by atoms with Crippen LogP contribution >= 0.6 is 0 Å². The standard InChI is InChI=1S/C30H34N4O4/c1-30(2)16-23-28(24(35)17-30)27(22(18-31)29(32)34(23)33-11-13-37-14-12-33)21-9-10-25(26(15-21)36-3)38-19-20-7-5-4-6-8-20/h4-10,15,27H,11-14,16-17,19,32H2,1-3H3. The minimum absolute atomic E-state index is 0.0446. The topological polar surface area (TPSA) is 101 Å². The van der Waals surface area contributed by atoms with Crippen LogP contribution < -0.4 is 15.2 Å². The van der Waals surface area contributed by atoms with Gasteiger partial charge in [0, 0.05) is 30.8 Å². The number of allylic oxidation sites excluding steroid dienone is 3. The lowest BCUT2D eigenvalue weighted by Crippen LogP contribution is -2.53. The fourth-order valence-electron chi connectivity index (χ4n) is 5.62. The van der Waals surface area contributed by atoms with Gasteiger partial charge in [-0.05, 0) is 35.1 Å². The summed E-state index contributed by atoms with van der Waals surface area (Å²) in [5.74, 6) is 0.963. The number of methoxy groups -OCH3 is 1. The highest BCUT2D eigenvalue weighted by molar-refractivity contribution is 6.00. The second-order valence-electron chi connectivity index (χ2n) is 10.7. The first-order chi connectivity index (χ1) is 18.3. The highest BCUT2D eigenvalue weighted by Crippen LogP contribution is 2.50. The first-order valence-corrected chi connectivity index (χ1v) is 13.0. The molecule has 0 bridgehead atoms. The first-order valence-electron chi connectivity index (χ1n) is 13.0. The molecule has 2 aromatic rings. The van der Waals surface area contributed by atoms with E-state index in [-0.39, 0.29) is 11.2 Å². The van der Waals surface area contributed by atoms with Gasteiger partial charge >= 0.3 is 0 Å². The number of carbonyl (C=O) groups excluding carboxylic acids is 1. The Morgan fingerprint density at radius 2 is 1.84 bits per heavy atom. The summed E-state index contributed by atoms with van der Waals surface area (Å²) >= 11 is 0. The number of hydrazine groups is 1. The Morgan fingerprint density at radius 1 is 1.11 bits per heavy atom. The highest BCUT2D eigenvalue weighted by Gasteiger charge is 2.46. The number of nitrogens with zero attached hydrogens (tertiary/aromatic N) is 3. The van der Waals surface area contributed by atoms with Gasteiger partial charge in [-0.3, -0.25) is 9.80 Å². The molecule has 2 heterocycles. The van der Waals surface area contributed by atoms with Crippen molar-refractivity contribution >= 4 is 5.78 Å². The Kier molecular flexibility index (Phi) is 7.15. The van der Waals surface area contributed by atoms with E-state index in [1.807, 2.05) is 53.5 Å². The summed E-state index contributed by atoms with van der Waals surface area (Å²) in [5.41, 5.74) is 10.2. The summed E-state index contributed by atoms with van der Waals surface area (Å²) < 4.78 is 17.3. The maximum Gasteiger partial charge on any atom is 0.162 e. The highest BCUT2D eigenvalue weighted by atomic mass is 16.5. The summed E-state index contributed by atoms with van der Waals surface area (Å²) in [6.45, 7) is 7.00. The second-order valence-corrected chi connectivity index (χ2v) is 10.7. The fourth-order valence-corrected chi connectivity index (χ4v) is 5.62. The number of hydrogen-bond acceptors (Lipinski definition) is 8. The van der Waals surface area contributed by atoms with Gasteiger partial charge in [0.15, 0.2) is 17.3 Å².